The molecule has 0 aliphatic carbocycles. The lowest BCUT2D eigenvalue weighted by Gasteiger charge is -2.50. The molecule has 3 aliphatic rings. The molecule has 0 unspecified atom stereocenters. The largest absolute Gasteiger partial charge is 0.416 e. The molecule has 5 rings (SSSR count). The van der Waals surface area contributed by atoms with Gasteiger partial charge in [-0.1, -0.05) is 12.1 Å². The Morgan fingerprint density at radius 3 is 2.44 bits per heavy atom. The van der Waals surface area contributed by atoms with Crippen LogP contribution in [0.5, 0.6) is 0 Å². The van der Waals surface area contributed by atoms with Gasteiger partial charge in [0.05, 0.1) is 30.7 Å². The van der Waals surface area contributed by atoms with E-state index < -0.39 is 17.7 Å². The SMILES string of the molecule is O=C([C@H]1Cc2cc(C(F)(F)F)ccc2N2CCN(Cc3ccc(F)cc3)C[C@@H]12)N1CCOCC1. The van der Waals surface area contributed by atoms with E-state index in [1.54, 1.807) is 23.1 Å². The van der Waals surface area contributed by atoms with Crippen LogP contribution in [0.15, 0.2) is 42.5 Å². The van der Waals surface area contributed by atoms with Crippen molar-refractivity contribution in [2.24, 2.45) is 5.92 Å². The molecule has 2 atom stereocenters. The maximum atomic E-state index is 13.6. The topological polar surface area (TPSA) is 36.0 Å². The smallest absolute Gasteiger partial charge is 0.378 e. The molecule has 34 heavy (non-hydrogen) atoms. The zero-order valence-electron chi connectivity index (χ0n) is 18.7. The monoisotopic (exact) mass is 477 g/mol. The molecule has 3 heterocycles. The minimum Gasteiger partial charge on any atom is -0.378 e. The van der Waals surface area contributed by atoms with Gasteiger partial charge in [-0.3, -0.25) is 9.69 Å². The fourth-order valence-electron chi connectivity index (χ4n) is 5.35. The fourth-order valence-corrected chi connectivity index (χ4v) is 5.35. The molecule has 0 aromatic heterocycles. The molecule has 182 valence electrons. The van der Waals surface area contributed by atoms with Crippen LogP contribution in [0.1, 0.15) is 16.7 Å². The first-order valence-electron chi connectivity index (χ1n) is 11.6. The molecule has 2 saturated heterocycles. The van der Waals surface area contributed by atoms with E-state index in [2.05, 4.69) is 9.80 Å². The van der Waals surface area contributed by atoms with Crippen LogP contribution in [0.2, 0.25) is 0 Å². The van der Waals surface area contributed by atoms with Gasteiger partial charge in [-0.25, -0.2) is 4.39 Å². The molecule has 2 aromatic carbocycles. The van der Waals surface area contributed by atoms with Crippen LogP contribution in [0.3, 0.4) is 0 Å². The molecule has 1 amide bonds. The Labute approximate surface area is 195 Å². The Kier molecular flexibility index (Phi) is 6.24. The predicted octanol–water partition coefficient (Wildman–Crippen LogP) is 3.57. The van der Waals surface area contributed by atoms with E-state index >= 15 is 0 Å². The van der Waals surface area contributed by atoms with Gasteiger partial charge in [0.2, 0.25) is 5.91 Å². The second-order valence-corrected chi connectivity index (χ2v) is 9.21. The lowest BCUT2D eigenvalue weighted by atomic mass is 9.82. The van der Waals surface area contributed by atoms with Crippen molar-refractivity contribution in [3.63, 3.8) is 0 Å². The van der Waals surface area contributed by atoms with Gasteiger partial charge in [-0.2, -0.15) is 13.2 Å². The zero-order chi connectivity index (χ0) is 23.9. The molecular formula is C25H27F4N3O2. The van der Waals surface area contributed by atoms with E-state index in [1.807, 2.05) is 0 Å². The number of benzene rings is 2. The third-order valence-electron chi connectivity index (χ3n) is 7.08. The van der Waals surface area contributed by atoms with Crippen molar-refractivity contribution in [3.05, 3.63) is 65.0 Å². The number of ether oxygens (including phenoxy) is 1. The quantitative estimate of drug-likeness (QED) is 0.634. The van der Waals surface area contributed by atoms with Crippen LogP contribution in [-0.4, -0.2) is 67.7 Å². The molecule has 9 heteroatoms. The Hall–Kier alpha value is -2.65. The van der Waals surface area contributed by atoms with E-state index in [0.29, 0.717) is 58.0 Å². The molecule has 0 bridgehead atoms. The normalized spacial score (nSPS) is 23.4. The van der Waals surface area contributed by atoms with Gasteiger partial charge in [0, 0.05) is 45.0 Å². The minimum atomic E-state index is -4.43. The maximum absolute atomic E-state index is 13.6. The van der Waals surface area contributed by atoms with Gasteiger partial charge < -0.3 is 14.5 Å². The Morgan fingerprint density at radius 1 is 1.00 bits per heavy atom. The highest BCUT2D eigenvalue weighted by Crippen LogP contribution is 2.40. The summed E-state index contributed by atoms with van der Waals surface area (Å²) in [4.78, 5) is 19.7. The summed E-state index contributed by atoms with van der Waals surface area (Å²) in [5.74, 6) is -0.748. The Balaban J connectivity index is 1.43. The number of halogens is 4. The summed E-state index contributed by atoms with van der Waals surface area (Å²) in [6.45, 7) is 4.48. The number of rotatable bonds is 3. The third kappa shape index (κ3) is 4.63. The van der Waals surface area contributed by atoms with Crippen LogP contribution >= 0.6 is 0 Å². The molecule has 0 N–H and O–H groups in total. The van der Waals surface area contributed by atoms with Crippen LogP contribution in [0, 0.1) is 11.7 Å². The van der Waals surface area contributed by atoms with Gasteiger partial charge in [-0.15, -0.1) is 0 Å². The molecule has 2 aromatic rings. The number of hydrogen-bond acceptors (Lipinski definition) is 4. The minimum absolute atomic E-state index is 0.0232. The predicted molar refractivity (Wildman–Crippen MR) is 119 cm³/mol. The van der Waals surface area contributed by atoms with Crippen molar-refractivity contribution >= 4 is 11.6 Å². The summed E-state index contributed by atoms with van der Waals surface area (Å²) < 4.78 is 58.8. The highest BCUT2D eigenvalue weighted by Gasteiger charge is 2.44. The highest BCUT2D eigenvalue weighted by molar-refractivity contribution is 5.82. The molecule has 0 spiro atoms. The first-order valence-corrected chi connectivity index (χ1v) is 11.6. The average Bonchev–Trinajstić information content (AvgIpc) is 2.84. The molecule has 0 saturated carbocycles. The second-order valence-electron chi connectivity index (χ2n) is 9.21. The van der Waals surface area contributed by atoms with Crippen LogP contribution < -0.4 is 4.90 Å². The van der Waals surface area contributed by atoms with E-state index in [0.717, 1.165) is 17.3 Å². The lowest BCUT2D eigenvalue weighted by Crippen LogP contribution is -2.61. The summed E-state index contributed by atoms with van der Waals surface area (Å²) >= 11 is 0. The second kappa shape index (κ2) is 9.19. The number of amides is 1. The van der Waals surface area contributed by atoms with Crippen molar-refractivity contribution in [1.82, 2.24) is 9.80 Å². The van der Waals surface area contributed by atoms with Crippen LogP contribution in [0.4, 0.5) is 23.2 Å². The average molecular weight is 478 g/mol. The number of alkyl halides is 3. The molecule has 2 fully saturated rings. The van der Waals surface area contributed by atoms with Crippen LogP contribution in [-0.2, 0) is 28.7 Å². The number of piperazine rings is 1. The summed E-state index contributed by atoms with van der Waals surface area (Å²) in [7, 11) is 0. The number of morpholine rings is 1. The Bertz CT molecular complexity index is 1040. The molecule has 3 aliphatic heterocycles. The first-order chi connectivity index (χ1) is 16.3. The zero-order valence-corrected chi connectivity index (χ0v) is 18.7. The van der Waals surface area contributed by atoms with Gasteiger partial charge in [0.1, 0.15) is 5.82 Å². The summed E-state index contributed by atoms with van der Waals surface area (Å²) in [6, 6.07) is 10.1. The van der Waals surface area contributed by atoms with E-state index in [9.17, 15) is 22.4 Å². The maximum Gasteiger partial charge on any atom is 0.416 e. The number of carbonyl (C=O) groups excluding carboxylic acids is 1. The first kappa shape index (κ1) is 23.1. The summed E-state index contributed by atoms with van der Waals surface area (Å²) in [5.41, 5.74) is 1.66. The number of anilines is 1. The van der Waals surface area contributed by atoms with Gasteiger partial charge >= 0.3 is 6.18 Å². The van der Waals surface area contributed by atoms with Gasteiger partial charge in [-0.05, 0) is 47.9 Å². The molecule has 5 nitrogen and oxygen atoms in total. The summed E-state index contributed by atoms with van der Waals surface area (Å²) in [6.07, 6.45) is -4.15. The van der Waals surface area contributed by atoms with E-state index in [1.165, 1.54) is 18.2 Å². The number of fused-ring (bicyclic) bond motifs is 3. The molecular weight excluding hydrogens is 450 g/mol. The number of carbonyl (C=O) groups is 1. The third-order valence-corrected chi connectivity index (χ3v) is 7.08. The Morgan fingerprint density at radius 2 is 1.74 bits per heavy atom. The van der Waals surface area contributed by atoms with Crippen molar-refractivity contribution in [3.8, 4) is 0 Å². The van der Waals surface area contributed by atoms with Gasteiger partial charge in [0.15, 0.2) is 0 Å². The van der Waals surface area contributed by atoms with Crippen molar-refractivity contribution in [1.29, 1.82) is 0 Å². The van der Waals surface area contributed by atoms with Crippen molar-refractivity contribution in [2.45, 2.75) is 25.2 Å². The number of nitrogens with zero attached hydrogens (tertiary/aromatic N) is 3. The molecule has 0 radical (unpaired) electrons. The standard InChI is InChI=1S/C25H27F4N3O2/c26-20-4-1-17(2-5-20)15-30-7-8-32-22-6-3-19(25(27,28)29)13-18(22)14-21(23(32)16-30)24(33)31-9-11-34-12-10-31/h1-6,13,21,23H,7-12,14-16H2/t21-,23-/m0/s1. The van der Waals surface area contributed by atoms with Crippen molar-refractivity contribution < 1.29 is 27.1 Å². The lowest BCUT2D eigenvalue weighted by molar-refractivity contribution is -0.141. The van der Waals surface area contributed by atoms with E-state index in [-0.39, 0.29) is 24.2 Å². The van der Waals surface area contributed by atoms with E-state index in [4.69, 9.17) is 4.74 Å². The highest BCUT2D eigenvalue weighted by atomic mass is 19.4. The fraction of sp³-hybridized carbons (Fsp3) is 0.480. The van der Waals surface area contributed by atoms with Crippen molar-refractivity contribution in [2.75, 3.05) is 50.8 Å². The summed E-state index contributed by atoms with van der Waals surface area (Å²) in [5, 5.41) is 0. The van der Waals surface area contributed by atoms with Gasteiger partial charge in [0.25, 0.3) is 0 Å². The number of hydrogen-bond donors (Lipinski definition) is 0. The van der Waals surface area contributed by atoms with Crippen LogP contribution in [0.25, 0.3) is 0 Å².